The molecule has 2 heterocycles. The predicted molar refractivity (Wildman–Crippen MR) is 70.3 cm³/mol. The minimum Gasteiger partial charge on any atom is -0.381 e. The van der Waals surface area contributed by atoms with Crippen molar-refractivity contribution in [2.75, 3.05) is 38.3 Å². The van der Waals surface area contributed by atoms with E-state index in [-0.39, 0.29) is 17.5 Å². The van der Waals surface area contributed by atoms with Gasteiger partial charge in [0.2, 0.25) is 5.91 Å². The first-order valence-electron chi connectivity index (χ1n) is 6.19. The lowest BCUT2D eigenvalue weighted by atomic mass is 9.99. The van der Waals surface area contributed by atoms with Gasteiger partial charge in [0.25, 0.3) is 0 Å². The van der Waals surface area contributed by atoms with Crippen LogP contribution in [0.2, 0.25) is 0 Å². The van der Waals surface area contributed by atoms with Crippen molar-refractivity contribution in [2.45, 2.75) is 25.4 Å². The maximum atomic E-state index is 12.5. The molecular formula is C12H22N2O2S. The van der Waals surface area contributed by atoms with Crippen LogP contribution >= 0.6 is 11.8 Å². The predicted octanol–water partition coefficient (Wildman–Crippen LogP) is 0.575. The van der Waals surface area contributed by atoms with Crippen LogP contribution < -0.4 is 5.32 Å². The highest BCUT2D eigenvalue weighted by molar-refractivity contribution is 7.99. The lowest BCUT2D eigenvalue weighted by Crippen LogP contribution is -2.57. The minimum absolute atomic E-state index is 0.0391. The Balaban J connectivity index is 2.11. The molecule has 0 saturated carbocycles. The summed E-state index contributed by atoms with van der Waals surface area (Å²) in [5.74, 6) is 2.65. The average molecular weight is 258 g/mol. The summed E-state index contributed by atoms with van der Waals surface area (Å²) in [6.45, 7) is 6.77. The van der Waals surface area contributed by atoms with Gasteiger partial charge in [-0.25, -0.2) is 0 Å². The normalized spacial score (nSPS) is 29.9. The van der Waals surface area contributed by atoms with E-state index in [4.69, 9.17) is 4.74 Å². The molecule has 0 aromatic carbocycles. The van der Waals surface area contributed by atoms with Crippen molar-refractivity contribution < 1.29 is 9.53 Å². The van der Waals surface area contributed by atoms with Crippen molar-refractivity contribution in [3.63, 3.8) is 0 Å². The molecule has 2 aliphatic heterocycles. The summed E-state index contributed by atoms with van der Waals surface area (Å²) < 4.78 is 5.21. The number of amides is 1. The molecule has 0 aromatic heterocycles. The Morgan fingerprint density at radius 1 is 1.53 bits per heavy atom. The zero-order valence-electron chi connectivity index (χ0n) is 10.9. The molecule has 0 bridgehead atoms. The number of carbonyl (C=O) groups is 1. The Kier molecular flexibility index (Phi) is 4.00. The highest BCUT2D eigenvalue weighted by Crippen LogP contribution is 2.28. The summed E-state index contributed by atoms with van der Waals surface area (Å²) in [6.07, 6.45) is 0. The van der Waals surface area contributed by atoms with E-state index in [9.17, 15) is 4.79 Å². The molecule has 0 aromatic rings. The van der Waals surface area contributed by atoms with E-state index in [1.54, 1.807) is 0 Å². The molecule has 0 spiro atoms. The molecule has 4 nitrogen and oxygen atoms in total. The van der Waals surface area contributed by atoms with Crippen LogP contribution in [-0.2, 0) is 9.53 Å². The zero-order chi connectivity index (χ0) is 12.5. The lowest BCUT2D eigenvalue weighted by molar-refractivity contribution is -0.141. The maximum Gasteiger partial charge on any atom is 0.241 e. The third kappa shape index (κ3) is 2.77. The van der Waals surface area contributed by atoms with E-state index in [0.717, 1.165) is 31.3 Å². The van der Waals surface area contributed by atoms with Gasteiger partial charge in [-0.3, -0.25) is 4.79 Å². The third-order valence-electron chi connectivity index (χ3n) is 3.53. The van der Waals surface area contributed by atoms with Crippen molar-refractivity contribution in [3.05, 3.63) is 0 Å². The third-order valence-corrected chi connectivity index (χ3v) is 5.01. The van der Waals surface area contributed by atoms with E-state index in [1.165, 1.54) is 0 Å². The van der Waals surface area contributed by atoms with Crippen LogP contribution in [0.1, 0.15) is 13.8 Å². The number of rotatable bonds is 3. The van der Waals surface area contributed by atoms with Gasteiger partial charge in [0.1, 0.15) is 0 Å². The lowest BCUT2D eigenvalue weighted by Gasteiger charge is -2.41. The van der Waals surface area contributed by atoms with Crippen LogP contribution in [-0.4, -0.2) is 60.7 Å². The number of nitrogens with one attached hydrogen (secondary N) is 1. The number of likely N-dealkylation sites (N-methyl/N-ethyl adjacent to an activating group) is 1. The fourth-order valence-corrected chi connectivity index (χ4v) is 3.57. The molecule has 2 saturated heterocycles. The van der Waals surface area contributed by atoms with E-state index in [2.05, 4.69) is 24.1 Å². The fraction of sp³-hybridized carbons (Fsp3) is 0.917. The van der Waals surface area contributed by atoms with Crippen LogP contribution in [0.3, 0.4) is 0 Å². The van der Waals surface area contributed by atoms with Gasteiger partial charge < -0.3 is 15.0 Å². The van der Waals surface area contributed by atoms with Crippen LogP contribution in [0.25, 0.3) is 0 Å². The second-order valence-electron chi connectivity index (χ2n) is 5.52. The highest BCUT2D eigenvalue weighted by atomic mass is 32.2. The van der Waals surface area contributed by atoms with Crippen LogP contribution in [0.15, 0.2) is 0 Å². The van der Waals surface area contributed by atoms with Crippen molar-refractivity contribution in [2.24, 2.45) is 5.92 Å². The van der Waals surface area contributed by atoms with Gasteiger partial charge in [0.05, 0.1) is 19.3 Å². The Labute approximate surface area is 107 Å². The topological polar surface area (TPSA) is 41.6 Å². The molecule has 2 aliphatic rings. The van der Waals surface area contributed by atoms with Crippen molar-refractivity contribution in [1.82, 2.24) is 10.2 Å². The van der Waals surface area contributed by atoms with Crippen molar-refractivity contribution in [3.8, 4) is 0 Å². The number of nitrogens with zero attached hydrogens (tertiary/aromatic N) is 1. The monoisotopic (exact) mass is 258 g/mol. The molecule has 1 unspecified atom stereocenters. The molecule has 17 heavy (non-hydrogen) atoms. The van der Waals surface area contributed by atoms with Crippen molar-refractivity contribution >= 4 is 17.7 Å². The molecule has 0 aliphatic carbocycles. The number of carbonyl (C=O) groups excluding carboxylic acids is 1. The van der Waals surface area contributed by atoms with Crippen LogP contribution in [0.5, 0.6) is 0 Å². The second kappa shape index (κ2) is 5.16. The number of hydrogen-bond acceptors (Lipinski definition) is 4. The van der Waals surface area contributed by atoms with Crippen LogP contribution in [0, 0.1) is 5.92 Å². The molecule has 2 fully saturated rings. The number of hydrogen-bond donors (Lipinski definition) is 1. The van der Waals surface area contributed by atoms with Gasteiger partial charge in [-0.1, -0.05) is 0 Å². The summed E-state index contributed by atoms with van der Waals surface area (Å²) in [5, 5.41) is 3.13. The molecule has 1 amide bonds. The summed E-state index contributed by atoms with van der Waals surface area (Å²) >= 11 is 1.86. The van der Waals surface area contributed by atoms with Gasteiger partial charge >= 0.3 is 0 Å². The minimum atomic E-state index is -0.0526. The van der Waals surface area contributed by atoms with E-state index in [1.807, 2.05) is 18.8 Å². The van der Waals surface area contributed by atoms with Gasteiger partial charge in [-0.15, -0.1) is 0 Å². The first-order chi connectivity index (χ1) is 8.04. The van der Waals surface area contributed by atoms with E-state index < -0.39 is 0 Å². The van der Waals surface area contributed by atoms with Gasteiger partial charge in [0, 0.05) is 29.5 Å². The Bertz CT molecular complexity index is 292. The van der Waals surface area contributed by atoms with Crippen LogP contribution in [0.4, 0.5) is 0 Å². The molecule has 5 heteroatoms. The molecule has 2 rings (SSSR count). The Morgan fingerprint density at radius 3 is 2.76 bits per heavy atom. The first kappa shape index (κ1) is 13.2. The standard InChI is InChI=1S/C12H22N2O2S/c1-12(2)8-17-7-10(13-3)11(15)14(12)4-9-5-16-6-9/h9-10,13H,4-8H2,1-3H3. The summed E-state index contributed by atoms with van der Waals surface area (Å²) in [6, 6.07) is -0.0391. The second-order valence-corrected chi connectivity index (χ2v) is 6.55. The number of thioether (sulfide) groups is 1. The number of ether oxygens (including phenoxy) is 1. The average Bonchev–Trinajstić information content (AvgIpc) is 2.30. The SMILES string of the molecule is CNC1CSCC(C)(C)N(CC2COC2)C1=O. The molecular weight excluding hydrogens is 236 g/mol. The van der Waals surface area contributed by atoms with E-state index >= 15 is 0 Å². The van der Waals surface area contributed by atoms with Gasteiger partial charge in [0.15, 0.2) is 0 Å². The van der Waals surface area contributed by atoms with Crippen molar-refractivity contribution in [1.29, 1.82) is 0 Å². The summed E-state index contributed by atoms with van der Waals surface area (Å²) in [7, 11) is 1.87. The van der Waals surface area contributed by atoms with Gasteiger partial charge in [-0.2, -0.15) is 11.8 Å². The van der Waals surface area contributed by atoms with E-state index in [0.29, 0.717) is 5.92 Å². The Morgan fingerprint density at radius 2 is 2.24 bits per heavy atom. The fourth-order valence-electron chi connectivity index (χ4n) is 2.25. The van der Waals surface area contributed by atoms with Gasteiger partial charge in [-0.05, 0) is 20.9 Å². The largest absolute Gasteiger partial charge is 0.381 e. The highest BCUT2D eigenvalue weighted by Gasteiger charge is 2.39. The molecule has 0 radical (unpaired) electrons. The zero-order valence-corrected chi connectivity index (χ0v) is 11.7. The quantitative estimate of drug-likeness (QED) is 0.804. The molecule has 1 N–H and O–H groups in total. The summed E-state index contributed by atoms with van der Waals surface area (Å²) in [4.78, 5) is 14.5. The molecule has 1 atom stereocenters. The molecule has 98 valence electrons. The smallest absolute Gasteiger partial charge is 0.241 e. The Hall–Kier alpha value is -0.260. The summed E-state index contributed by atoms with van der Waals surface area (Å²) in [5.41, 5.74) is -0.0526. The maximum absolute atomic E-state index is 12.5. The first-order valence-corrected chi connectivity index (χ1v) is 7.34.